The lowest BCUT2D eigenvalue weighted by Crippen LogP contribution is -2.16. The second-order valence-electron chi connectivity index (χ2n) is 5.07. The molecule has 114 valence electrons. The molecule has 0 spiro atoms. The third-order valence-electron chi connectivity index (χ3n) is 3.42. The quantitative estimate of drug-likeness (QED) is 0.784. The van der Waals surface area contributed by atoms with Gasteiger partial charge in [-0.25, -0.2) is 4.98 Å². The zero-order valence-corrected chi connectivity index (χ0v) is 12.8. The van der Waals surface area contributed by atoms with Crippen LogP contribution in [0.2, 0.25) is 0 Å². The molecular weight excluding hydrogens is 280 g/mol. The Bertz CT molecular complexity index is 746. The van der Waals surface area contributed by atoms with Crippen LogP contribution in [-0.4, -0.2) is 29.3 Å². The fourth-order valence-corrected chi connectivity index (χ4v) is 2.22. The normalized spacial score (nSPS) is 10.7. The summed E-state index contributed by atoms with van der Waals surface area (Å²) in [6.45, 7) is 2.45. The number of hydrogen-bond donors (Lipinski definition) is 1. The van der Waals surface area contributed by atoms with Gasteiger partial charge >= 0.3 is 0 Å². The Balaban J connectivity index is 1.74. The summed E-state index contributed by atoms with van der Waals surface area (Å²) in [6, 6.07) is 9.85. The van der Waals surface area contributed by atoms with Crippen molar-refractivity contribution in [3.63, 3.8) is 0 Å². The van der Waals surface area contributed by atoms with Crippen LogP contribution in [0.4, 0.5) is 5.82 Å². The SMILES string of the molecule is COc1ccc(-c2cc(N(C)Cc3cnc(C)o3)n[nH]2)cc1. The van der Waals surface area contributed by atoms with Crippen molar-refractivity contribution in [3.05, 3.63) is 48.2 Å². The number of methoxy groups -OCH3 is 1. The monoisotopic (exact) mass is 298 g/mol. The van der Waals surface area contributed by atoms with Gasteiger partial charge in [-0.3, -0.25) is 5.10 Å². The van der Waals surface area contributed by atoms with Crippen molar-refractivity contribution in [3.8, 4) is 17.0 Å². The van der Waals surface area contributed by atoms with Crippen LogP contribution >= 0.6 is 0 Å². The average Bonchev–Trinajstić information content (AvgIpc) is 3.17. The molecule has 0 saturated heterocycles. The second kappa shape index (κ2) is 5.93. The van der Waals surface area contributed by atoms with Gasteiger partial charge in [-0.2, -0.15) is 5.10 Å². The van der Waals surface area contributed by atoms with Crippen molar-refractivity contribution < 1.29 is 9.15 Å². The van der Waals surface area contributed by atoms with Crippen LogP contribution in [0.3, 0.4) is 0 Å². The molecule has 0 amide bonds. The number of benzene rings is 1. The van der Waals surface area contributed by atoms with Crippen molar-refractivity contribution in [1.82, 2.24) is 15.2 Å². The van der Waals surface area contributed by atoms with E-state index in [-0.39, 0.29) is 0 Å². The molecule has 3 rings (SSSR count). The first kappa shape index (κ1) is 14.2. The predicted octanol–water partition coefficient (Wildman–Crippen LogP) is 3.02. The van der Waals surface area contributed by atoms with E-state index in [9.17, 15) is 0 Å². The van der Waals surface area contributed by atoms with Gasteiger partial charge in [0.2, 0.25) is 0 Å². The number of hydrogen-bond acceptors (Lipinski definition) is 5. The van der Waals surface area contributed by atoms with E-state index in [4.69, 9.17) is 9.15 Å². The van der Waals surface area contributed by atoms with Crippen molar-refractivity contribution in [2.45, 2.75) is 13.5 Å². The van der Waals surface area contributed by atoms with Gasteiger partial charge in [0.1, 0.15) is 11.5 Å². The number of rotatable bonds is 5. The highest BCUT2D eigenvalue weighted by Gasteiger charge is 2.10. The molecule has 0 aliphatic rings. The standard InChI is InChI=1S/C16H18N4O2/c1-11-17-9-14(22-11)10-20(2)16-8-15(18-19-16)12-4-6-13(21-3)7-5-12/h4-9H,10H2,1-3H3,(H,18,19). The van der Waals surface area contributed by atoms with Gasteiger partial charge in [-0.1, -0.05) is 0 Å². The largest absolute Gasteiger partial charge is 0.497 e. The molecule has 6 nitrogen and oxygen atoms in total. The highest BCUT2D eigenvalue weighted by atomic mass is 16.5. The number of aromatic nitrogens is 3. The highest BCUT2D eigenvalue weighted by molar-refractivity contribution is 5.63. The predicted molar refractivity (Wildman–Crippen MR) is 83.9 cm³/mol. The number of H-pyrrole nitrogens is 1. The molecule has 0 aliphatic carbocycles. The summed E-state index contributed by atoms with van der Waals surface area (Å²) in [7, 11) is 3.62. The van der Waals surface area contributed by atoms with E-state index in [1.54, 1.807) is 13.3 Å². The summed E-state index contributed by atoms with van der Waals surface area (Å²) in [5.41, 5.74) is 2.02. The van der Waals surface area contributed by atoms with E-state index in [0.717, 1.165) is 28.6 Å². The van der Waals surface area contributed by atoms with Crippen LogP contribution in [0.25, 0.3) is 11.3 Å². The minimum absolute atomic E-state index is 0.619. The Labute approximate surface area is 128 Å². The first-order chi connectivity index (χ1) is 10.7. The molecule has 1 aromatic carbocycles. The Morgan fingerprint density at radius 2 is 2.05 bits per heavy atom. The molecular formula is C16H18N4O2. The molecule has 0 bridgehead atoms. The first-order valence-corrected chi connectivity index (χ1v) is 6.98. The van der Waals surface area contributed by atoms with Crippen LogP contribution in [0, 0.1) is 6.92 Å². The molecule has 0 fully saturated rings. The smallest absolute Gasteiger partial charge is 0.191 e. The first-order valence-electron chi connectivity index (χ1n) is 6.98. The highest BCUT2D eigenvalue weighted by Crippen LogP contribution is 2.24. The number of aromatic amines is 1. The molecule has 6 heteroatoms. The summed E-state index contributed by atoms with van der Waals surface area (Å²) < 4.78 is 10.7. The van der Waals surface area contributed by atoms with Gasteiger partial charge in [-0.05, 0) is 29.8 Å². The summed E-state index contributed by atoms with van der Waals surface area (Å²) in [4.78, 5) is 6.10. The van der Waals surface area contributed by atoms with Gasteiger partial charge in [0.15, 0.2) is 11.7 Å². The fraction of sp³-hybridized carbons (Fsp3) is 0.250. The Morgan fingerprint density at radius 3 is 2.68 bits per heavy atom. The van der Waals surface area contributed by atoms with Gasteiger partial charge in [0.25, 0.3) is 0 Å². The van der Waals surface area contributed by atoms with E-state index in [0.29, 0.717) is 12.4 Å². The Morgan fingerprint density at radius 1 is 1.27 bits per heavy atom. The Kier molecular flexibility index (Phi) is 3.82. The summed E-state index contributed by atoms with van der Waals surface area (Å²) in [5, 5.41) is 7.40. The molecule has 0 aliphatic heterocycles. The number of nitrogens with zero attached hydrogens (tertiary/aromatic N) is 3. The van der Waals surface area contributed by atoms with E-state index in [1.807, 2.05) is 49.2 Å². The minimum Gasteiger partial charge on any atom is -0.497 e. The lowest BCUT2D eigenvalue weighted by Gasteiger charge is -2.13. The average molecular weight is 298 g/mol. The topological polar surface area (TPSA) is 67.2 Å². The summed E-state index contributed by atoms with van der Waals surface area (Å²) in [5.74, 6) is 3.17. The molecule has 3 aromatic rings. The maximum atomic E-state index is 5.49. The zero-order chi connectivity index (χ0) is 15.5. The molecule has 1 N–H and O–H groups in total. The third kappa shape index (κ3) is 2.95. The van der Waals surface area contributed by atoms with Gasteiger partial charge in [0.05, 0.1) is 25.5 Å². The van der Waals surface area contributed by atoms with E-state index < -0.39 is 0 Å². The van der Waals surface area contributed by atoms with E-state index in [1.165, 1.54) is 0 Å². The molecule has 0 atom stereocenters. The number of aryl methyl sites for hydroxylation is 1. The zero-order valence-electron chi connectivity index (χ0n) is 12.8. The maximum Gasteiger partial charge on any atom is 0.191 e. The number of oxazole rings is 1. The van der Waals surface area contributed by atoms with Gasteiger partial charge in [0, 0.05) is 20.0 Å². The molecule has 22 heavy (non-hydrogen) atoms. The van der Waals surface area contributed by atoms with Crippen LogP contribution in [-0.2, 0) is 6.54 Å². The lowest BCUT2D eigenvalue weighted by molar-refractivity contribution is 0.415. The van der Waals surface area contributed by atoms with Gasteiger partial charge in [-0.15, -0.1) is 0 Å². The minimum atomic E-state index is 0.619. The molecule has 0 unspecified atom stereocenters. The van der Waals surface area contributed by atoms with Crippen LogP contribution < -0.4 is 9.64 Å². The van der Waals surface area contributed by atoms with Crippen molar-refractivity contribution in [2.75, 3.05) is 19.1 Å². The fourth-order valence-electron chi connectivity index (χ4n) is 2.22. The number of anilines is 1. The lowest BCUT2D eigenvalue weighted by atomic mass is 10.1. The van der Waals surface area contributed by atoms with Crippen molar-refractivity contribution >= 4 is 5.82 Å². The van der Waals surface area contributed by atoms with Crippen LogP contribution in [0.5, 0.6) is 5.75 Å². The van der Waals surface area contributed by atoms with E-state index in [2.05, 4.69) is 15.2 Å². The number of nitrogens with one attached hydrogen (secondary N) is 1. The van der Waals surface area contributed by atoms with Crippen LogP contribution in [0.1, 0.15) is 11.7 Å². The molecule has 2 aromatic heterocycles. The van der Waals surface area contributed by atoms with E-state index >= 15 is 0 Å². The number of ether oxygens (including phenoxy) is 1. The summed E-state index contributed by atoms with van der Waals surface area (Å²) >= 11 is 0. The molecule has 0 saturated carbocycles. The maximum absolute atomic E-state index is 5.49. The molecule has 0 radical (unpaired) electrons. The second-order valence-corrected chi connectivity index (χ2v) is 5.07. The van der Waals surface area contributed by atoms with Crippen molar-refractivity contribution in [2.24, 2.45) is 0 Å². The molecule has 2 heterocycles. The van der Waals surface area contributed by atoms with Crippen molar-refractivity contribution in [1.29, 1.82) is 0 Å². The van der Waals surface area contributed by atoms with Crippen LogP contribution in [0.15, 0.2) is 40.9 Å². The summed E-state index contributed by atoms with van der Waals surface area (Å²) in [6.07, 6.45) is 1.74. The third-order valence-corrected chi connectivity index (χ3v) is 3.42. The Hall–Kier alpha value is -2.76. The van der Waals surface area contributed by atoms with Gasteiger partial charge < -0.3 is 14.1 Å².